The van der Waals surface area contributed by atoms with Gasteiger partial charge in [-0.25, -0.2) is 0 Å². The van der Waals surface area contributed by atoms with Gasteiger partial charge in [0.15, 0.2) is 16.6 Å². The minimum absolute atomic E-state index is 0.217. The van der Waals surface area contributed by atoms with E-state index in [4.69, 9.17) is 14.2 Å². The molecule has 0 bridgehead atoms. The smallest absolute Gasteiger partial charge is 0.203 e. The van der Waals surface area contributed by atoms with Gasteiger partial charge in [-0.05, 0) is 49.1 Å². The fourth-order valence-corrected chi connectivity index (χ4v) is 4.13. The molecule has 0 radical (unpaired) electrons. The standard InChI is InChI=1S/C25H35NO4S/c1-19-16-21(12-14-26(19)13-8-6-7-9-15-31-20(2)27)10-11-22-17-23(28-3)25(30-5)24(18-22)29-4/h10-12,14,16-19H,6-9,13,15H2,1-5H3/b11-10+. The number of unbranched alkanes of at least 4 members (excludes halogenated alkanes) is 3. The Bertz CT molecular complexity index is 791. The molecule has 1 aliphatic rings. The Morgan fingerprint density at radius 1 is 1.03 bits per heavy atom. The molecule has 0 amide bonds. The molecule has 0 spiro atoms. The summed E-state index contributed by atoms with van der Waals surface area (Å²) in [7, 11) is 4.85. The Morgan fingerprint density at radius 3 is 2.29 bits per heavy atom. The van der Waals surface area contributed by atoms with Gasteiger partial charge in [0.2, 0.25) is 5.75 Å². The molecule has 5 nitrogen and oxygen atoms in total. The van der Waals surface area contributed by atoms with Gasteiger partial charge in [0.05, 0.1) is 21.3 Å². The van der Waals surface area contributed by atoms with Crippen molar-refractivity contribution in [3.63, 3.8) is 0 Å². The quantitative estimate of drug-likeness (QED) is 0.384. The zero-order valence-electron chi connectivity index (χ0n) is 19.3. The summed E-state index contributed by atoms with van der Waals surface area (Å²) < 4.78 is 16.2. The van der Waals surface area contributed by atoms with Gasteiger partial charge in [0, 0.05) is 31.5 Å². The van der Waals surface area contributed by atoms with Crippen molar-refractivity contribution in [1.29, 1.82) is 0 Å². The summed E-state index contributed by atoms with van der Waals surface area (Å²) >= 11 is 1.43. The minimum Gasteiger partial charge on any atom is -0.493 e. The lowest BCUT2D eigenvalue weighted by Crippen LogP contribution is -2.29. The van der Waals surface area contributed by atoms with E-state index in [-0.39, 0.29) is 5.12 Å². The van der Waals surface area contributed by atoms with E-state index in [0.717, 1.165) is 24.3 Å². The fourth-order valence-electron chi connectivity index (χ4n) is 3.49. The molecule has 0 aliphatic carbocycles. The molecule has 1 aromatic carbocycles. The first kappa shape index (κ1) is 24.9. The summed E-state index contributed by atoms with van der Waals surface area (Å²) in [5.41, 5.74) is 2.17. The second kappa shape index (κ2) is 13.2. The maximum atomic E-state index is 10.9. The topological polar surface area (TPSA) is 48.0 Å². The highest BCUT2D eigenvalue weighted by Crippen LogP contribution is 2.38. The molecule has 1 unspecified atom stereocenters. The van der Waals surface area contributed by atoms with Gasteiger partial charge in [-0.3, -0.25) is 4.79 Å². The van der Waals surface area contributed by atoms with Crippen molar-refractivity contribution < 1.29 is 19.0 Å². The van der Waals surface area contributed by atoms with Crippen molar-refractivity contribution in [3.8, 4) is 17.2 Å². The van der Waals surface area contributed by atoms with Crippen molar-refractivity contribution in [2.75, 3.05) is 33.6 Å². The monoisotopic (exact) mass is 445 g/mol. The van der Waals surface area contributed by atoms with Crippen LogP contribution in [0.3, 0.4) is 0 Å². The number of benzene rings is 1. The maximum Gasteiger partial charge on any atom is 0.203 e. The number of carbonyl (C=O) groups is 1. The Morgan fingerprint density at radius 2 is 1.71 bits per heavy atom. The summed E-state index contributed by atoms with van der Waals surface area (Å²) in [5.74, 6) is 2.84. The normalized spacial score (nSPS) is 15.8. The molecule has 1 atom stereocenters. The Labute approximate surface area is 191 Å². The lowest BCUT2D eigenvalue weighted by atomic mass is 10.1. The zero-order valence-corrected chi connectivity index (χ0v) is 20.2. The molecule has 31 heavy (non-hydrogen) atoms. The van der Waals surface area contributed by atoms with E-state index in [1.165, 1.54) is 36.6 Å². The third-order valence-corrected chi connectivity index (χ3v) is 6.09. The van der Waals surface area contributed by atoms with Crippen molar-refractivity contribution in [3.05, 3.63) is 47.7 Å². The van der Waals surface area contributed by atoms with E-state index >= 15 is 0 Å². The summed E-state index contributed by atoms with van der Waals surface area (Å²) in [6.45, 7) is 4.91. The first-order chi connectivity index (χ1) is 15.0. The number of nitrogens with zero attached hydrogens (tertiary/aromatic N) is 1. The van der Waals surface area contributed by atoms with Crippen LogP contribution in [-0.4, -0.2) is 49.7 Å². The minimum atomic E-state index is 0.217. The van der Waals surface area contributed by atoms with Gasteiger partial charge in [-0.1, -0.05) is 42.8 Å². The molecule has 1 aliphatic heterocycles. The van der Waals surface area contributed by atoms with Crippen LogP contribution in [0.1, 0.15) is 45.1 Å². The van der Waals surface area contributed by atoms with E-state index in [9.17, 15) is 4.79 Å². The maximum absolute atomic E-state index is 10.9. The lowest BCUT2D eigenvalue weighted by Gasteiger charge is -2.29. The van der Waals surface area contributed by atoms with Crippen LogP contribution in [0.2, 0.25) is 0 Å². The lowest BCUT2D eigenvalue weighted by molar-refractivity contribution is -0.109. The molecule has 1 aromatic rings. The Balaban J connectivity index is 1.86. The SMILES string of the molecule is COc1cc(/C=C/C2=CC(C)N(CCCCCCSC(C)=O)C=C2)cc(OC)c1OC. The molecule has 1 heterocycles. The van der Waals surface area contributed by atoms with Crippen LogP contribution in [-0.2, 0) is 4.79 Å². The van der Waals surface area contributed by atoms with Gasteiger partial charge >= 0.3 is 0 Å². The summed E-state index contributed by atoms with van der Waals surface area (Å²) in [6.07, 6.45) is 15.5. The van der Waals surface area contributed by atoms with Gasteiger partial charge in [0.25, 0.3) is 0 Å². The van der Waals surface area contributed by atoms with Gasteiger partial charge in [-0.2, -0.15) is 0 Å². The van der Waals surface area contributed by atoms with E-state index in [1.54, 1.807) is 28.3 Å². The fraction of sp³-hybridized carbons (Fsp3) is 0.480. The summed E-state index contributed by atoms with van der Waals surface area (Å²) in [4.78, 5) is 13.3. The predicted molar refractivity (Wildman–Crippen MR) is 130 cm³/mol. The molecule has 0 saturated heterocycles. The number of hydrogen-bond acceptors (Lipinski definition) is 6. The number of carbonyl (C=O) groups excluding carboxylic acids is 1. The second-order valence-corrected chi connectivity index (χ2v) is 8.78. The number of ether oxygens (including phenoxy) is 3. The van der Waals surface area contributed by atoms with Crippen LogP contribution in [0.25, 0.3) is 6.08 Å². The summed E-state index contributed by atoms with van der Waals surface area (Å²) in [5, 5.41) is 0.217. The average Bonchev–Trinajstić information content (AvgIpc) is 2.77. The molecule has 6 heteroatoms. The first-order valence-electron chi connectivity index (χ1n) is 10.8. The molecule has 170 valence electrons. The van der Waals surface area contributed by atoms with Crippen LogP contribution in [0.5, 0.6) is 17.2 Å². The number of rotatable bonds is 12. The Hall–Kier alpha value is -2.34. The van der Waals surface area contributed by atoms with E-state index in [2.05, 4.69) is 42.3 Å². The third-order valence-electron chi connectivity index (χ3n) is 5.19. The van der Waals surface area contributed by atoms with Crippen molar-refractivity contribution in [2.45, 2.75) is 45.6 Å². The van der Waals surface area contributed by atoms with Gasteiger partial charge in [-0.15, -0.1) is 0 Å². The van der Waals surface area contributed by atoms with Crippen LogP contribution >= 0.6 is 11.8 Å². The number of thioether (sulfide) groups is 1. The van der Waals surface area contributed by atoms with E-state index in [0.29, 0.717) is 23.3 Å². The third kappa shape index (κ3) is 8.02. The highest BCUT2D eigenvalue weighted by Gasteiger charge is 2.13. The van der Waals surface area contributed by atoms with Crippen molar-refractivity contribution in [1.82, 2.24) is 4.90 Å². The molecule has 2 rings (SSSR count). The average molecular weight is 446 g/mol. The van der Waals surface area contributed by atoms with E-state index in [1.807, 2.05) is 12.1 Å². The molecule has 0 aromatic heterocycles. The second-order valence-electron chi connectivity index (χ2n) is 7.51. The van der Waals surface area contributed by atoms with Crippen LogP contribution in [0.15, 0.2) is 42.1 Å². The molecule has 0 fully saturated rings. The van der Waals surface area contributed by atoms with Gasteiger partial charge in [0.1, 0.15) is 0 Å². The van der Waals surface area contributed by atoms with Gasteiger partial charge < -0.3 is 19.1 Å². The largest absolute Gasteiger partial charge is 0.493 e. The number of methoxy groups -OCH3 is 3. The number of allylic oxidation sites excluding steroid dienone is 3. The van der Waals surface area contributed by atoms with E-state index < -0.39 is 0 Å². The highest BCUT2D eigenvalue weighted by atomic mass is 32.2. The number of hydrogen-bond donors (Lipinski definition) is 0. The molecular formula is C25H35NO4S. The van der Waals surface area contributed by atoms with Crippen molar-refractivity contribution in [2.24, 2.45) is 0 Å². The molecular weight excluding hydrogens is 410 g/mol. The highest BCUT2D eigenvalue weighted by molar-refractivity contribution is 8.13. The predicted octanol–water partition coefficient (Wildman–Crippen LogP) is 5.71. The Kier molecular flexibility index (Phi) is 10.6. The van der Waals surface area contributed by atoms with Crippen LogP contribution < -0.4 is 14.2 Å². The summed E-state index contributed by atoms with van der Waals surface area (Å²) in [6, 6.07) is 4.24. The molecule has 0 saturated carbocycles. The van der Waals surface area contributed by atoms with Crippen molar-refractivity contribution >= 4 is 23.0 Å². The van der Waals surface area contributed by atoms with Crippen LogP contribution in [0.4, 0.5) is 0 Å². The zero-order chi connectivity index (χ0) is 22.6. The molecule has 0 N–H and O–H groups in total. The first-order valence-corrected chi connectivity index (χ1v) is 11.7. The van der Waals surface area contributed by atoms with Crippen LogP contribution in [0, 0.1) is 0 Å².